The molecule has 20 heavy (non-hydrogen) atoms. The number of hydrogen-bond acceptors (Lipinski definition) is 5. The van der Waals surface area contributed by atoms with Crippen LogP contribution in [0.3, 0.4) is 0 Å². The van der Waals surface area contributed by atoms with Crippen LogP contribution < -0.4 is 4.90 Å². The van der Waals surface area contributed by atoms with Crippen LogP contribution in [0.15, 0.2) is 18.5 Å². The maximum atomic E-state index is 5.99. The van der Waals surface area contributed by atoms with Gasteiger partial charge in [0.15, 0.2) is 0 Å². The van der Waals surface area contributed by atoms with Crippen molar-refractivity contribution in [2.24, 2.45) is 0 Å². The van der Waals surface area contributed by atoms with E-state index in [0.717, 1.165) is 36.2 Å². The highest BCUT2D eigenvalue weighted by Crippen LogP contribution is 2.27. The van der Waals surface area contributed by atoms with E-state index < -0.39 is 0 Å². The van der Waals surface area contributed by atoms with Crippen LogP contribution >= 0.6 is 22.9 Å². The van der Waals surface area contributed by atoms with Crippen molar-refractivity contribution in [1.82, 2.24) is 14.9 Å². The third kappa shape index (κ3) is 2.80. The molecule has 0 atom stereocenters. The second kappa shape index (κ2) is 5.68. The highest BCUT2D eigenvalue weighted by Gasteiger charge is 2.20. The molecule has 3 rings (SSSR count). The van der Waals surface area contributed by atoms with Crippen LogP contribution in [0.2, 0.25) is 4.34 Å². The zero-order valence-corrected chi connectivity index (χ0v) is 13.2. The molecule has 0 N–H and O–H groups in total. The number of halogens is 1. The zero-order valence-electron chi connectivity index (χ0n) is 11.6. The van der Waals surface area contributed by atoms with Gasteiger partial charge in [-0.3, -0.25) is 0 Å². The van der Waals surface area contributed by atoms with Gasteiger partial charge in [-0.2, -0.15) is 0 Å². The Morgan fingerprint density at radius 2 is 2.25 bits per heavy atom. The van der Waals surface area contributed by atoms with Crippen LogP contribution in [0.1, 0.15) is 16.1 Å². The summed E-state index contributed by atoms with van der Waals surface area (Å²) in [4.78, 5) is 14.7. The molecule has 0 spiro atoms. The fourth-order valence-corrected chi connectivity index (χ4v) is 3.68. The van der Waals surface area contributed by atoms with Gasteiger partial charge < -0.3 is 9.80 Å². The SMILES string of the molecule is CN1CCc2ncnc(N(C)Cc3ccc(Cl)s3)c2C1. The van der Waals surface area contributed by atoms with E-state index in [0.29, 0.717) is 0 Å². The number of fused-ring (bicyclic) bond motifs is 1. The molecule has 0 radical (unpaired) electrons. The van der Waals surface area contributed by atoms with E-state index in [2.05, 4.69) is 39.9 Å². The first kappa shape index (κ1) is 13.8. The van der Waals surface area contributed by atoms with Gasteiger partial charge in [0, 0.05) is 37.0 Å². The summed E-state index contributed by atoms with van der Waals surface area (Å²) < 4.78 is 0.831. The lowest BCUT2D eigenvalue weighted by Crippen LogP contribution is -2.30. The molecule has 0 saturated carbocycles. The van der Waals surface area contributed by atoms with Gasteiger partial charge >= 0.3 is 0 Å². The van der Waals surface area contributed by atoms with Crippen LogP contribution in [0, 0.1) is 0 Å². The molecule has 1 aliphatic rings. The van der Waals surface area contributed by atoms with Crippen molar-refractivity contribution in [3.05, 3.63) is 38.9 Å². The normalized spacial score (nSPS) is 15.2. The molecule has 1 aliphatic heterocycles. The minimum absolute atomic E-state index is 0.824. The number of anilines is 1. The Balaban J connectivity index is 1.86. The Bertz CT molecular complexity index is 613. The summed E-state index contributed by atoms with van der Waals surface area (Å²) in [5, 5.41) is 0. The van der Waals surface area contributed by atoms with Crippen molar-refractivity contribution in [3.63, 3.8) is 0 Å². The Morgan fingerprint density at radius 1 is 1.40 bits per heavy atom. The first-order chi connectivity index (χ1) is 9.63. The summed E-state index contributed by atoms with van der Waals surface area (Å²) in [5.74, 6) is 1.03. The average Bonchev–Trinajstić information content (AvgIpc) is 2.83. The molecule has 0 saturated heterocycles. The summed E-state index contributed by atoms with van der Waals surface area (Å²) in [6.07, 6.45) is 2.68. The zero-order chi connectivity index (χ0) is 14.1. The summed E-state index contributed by atoms with van der Waals surface area (Å²) in [7, 11) is 4.21. The predicted octanol–water partition coefficient (Wildman–Crippen LogP) is 2.82. The van der Waals surface area contributed by atoms with Crippen LogP contribution in [-0.4, -0.2) is 35.5 Å². The molecule has 4 nitrogen and oxygen atoms in total. The summed E-state index contributed by atoms with van der Waals surface area (Å²) in [6.45, 7) is 2.80. The fraction of sp³-hybridized carbons (Fsp3) is 0.429. The molecule has 0 amide bonds. The number of rotatable bonds is 3. The van der Waals surface area contributed by atoms with Crippen LogP contribution in [0.5, 0.6) is 0 Å². The van der Waals surface area contributed by atoms with E-state index in [4.69, 9.17) is 11.6 Å². The molecule has 0 unspecified atom stereocenters. The van der Waals surface area contributed by atoms with E-state index in [1.807, 2.05) is 6.07 Å². The first-order valence-corrected chi connectivity index (χ1v) is 7.79. The fourth-order valence-electron chi connectivity index (χ4n) is 2.54. The molecule has 2 aromatic rings. The second-order valence-electron chi connectivity index (χ2n) is 5.17. The van der Waals surface area contributed by atoms with Gasteiger partial charge in [0.25, 0.3) is 0 Å². The number of aromatic nitrogens is 2. The van der Waals surface area contributed by atoms with Gasteiger partial charge in [0.05, 0.1) is 16.6 Å². The molecule has 106 valence electrons. The minimum Gasteiger partial charge on any atom is -0.354 e. The Morgan fingerprint density at radius 3 is 3.00 bits per heavy atom. The molecular formula is C14H17ClN4S. The third-order valence-corrected chi connectivity index (χ3v) is 4.77. The van der Waals surface area contributed by atoms with Crippen LogP contribution in [0.25, 0.3) is 0 Å². The van der Waals surface area contributed by atoms with Crippen molar-refractivity contribution >= 4 is 28.8 Å². The molecule has 2 aromatic heterocycles. The quantitative estimate of drug-likeness (QED) is 0.873. The van der Waals surface area contributed by atoms with Crippen molar-refractivity contribution in [3.8, 4) is 0 Å². The van der Waals surface area contributed by atoms with E-state index in [9.17, 15) is 0 Å². The molecular weight excluding hydrogens is 292 g/mol. The molecule has 0 fully saturated rings. The van der Waals surface area contributed by atoms with Gasteiger partial charge in [0.1, 0.15) is 12.1 Å². The lowest BCUT2D eigenvalue weighted by molar-refractivity contribution is 0.309. The topological polar surface area (TPSA) is 32.3 Å². The molecule has 0 bridgehead atoms. The van der Waals surface area contributed by atoms with Gasteiger partial charge in [-0.15, -0.1) is 11.3 Å². The maximum absolute atomic E-state index is 5.99. The van der Waals surface area contributed by atoms with Crippen molar-refractivity contribution in [1.29, 1.82) is 0 Å². The number of thiophene rings is 1. The second-order valence-corrected chi connectivity index (χ2v) is 6.97. The van der Waals surface area contributed by atoms with E-state index in [1.165, 1.54) is 16.1 Å². The molecule has 0 aliphatic carbocycles. The highest BCUT2D eigenvalue weighted by atomic mass is 35.5. The lowest BCUT2D eigenvalue weighted by atomic mass is 10.1. The standard InChI is InChI=1S/C14H17ClN4S/c1-18-6-5-12-11(8-18)14(17-9-16-12)19(2)7-10-3-4-13(15)20-10/h3-4,9H,5-8H2,1-2H3. The van der Waals surface area contributed by atoms with Gasteiger partial charge in [-0.25, -0.2) is 9.97 Å². The predicted molar refractivity (Wildman–Crippen MR) is 83.5 cm³/mol. The summed E-state index contributed by atoms with van der Waals surface area (Å²) in [6, 6.07) is 4.02. The lowest BCUT2D eigenvalue weighted by Gasteiger charge is -2.28. The van der Waals surface area contributed by atoms with Crippen molar-refractivity contribution in [2.75, 3.05) is 25.5 Å². The molecule has 6 heteroatoms. The summed E-state index contributed by atoms with van der Waals surface area (Å²) in [5.41, 5.74) is 2.44. The smallest absolute Gasteiger partial charge is 0.136 e. The van der Waals surface area contributed by atoms with E-state index >= 15 is 0 Å². The molecule has 3 heterocycles. The monoisotopic (exact) mass is 308 g/mol. The minimum atomic E-state index is 0.824. The number of likely N-dealkylation sites (N-methyl/N-ethyl adjacent to an activating group) is 1. The van der Waals surface area contributed by atoms with Crippen LogP contribution in [0.4, 0.5) is 5.82 Å². The van der Waals surface area contributed by atoms with Crippen LogP contribution in [-0.2, 0) is 19.5 Å². The average molecular weight is 309 g/mol. The Kier molecular flexibility index (Phi) is 3.92. The first-order valence-electron chi connectivity index (χ1n) is 6.60. The largest absolute Gasteiger partial charge is 0.354 e. The Labute approximate surface area is 128 Å². The van der Waals surface area contributed by atoms with Crippen molar-refractivity contribution < 1.29 is 0 Å². The van der Waals surface area contributed by atoms with E-state index in [-0.39, 0.29) is 0 Å². The highest BCUT2D eigenvalue weighted by molar-refractivity contribution is 7.16. The van der Waals surface area contributed by atoms with Gasteiger partial charge in [-0.05, 0) is 19.2 Å². The van der Waals surface area contributed by atoms with Gasteiger partial charge in [0.2, 0.25) is 0 Å². The van der Waals surface area contributed by atoms with Crippen molar-refractivity contribution in [2.45, 2.75) is 19.5 Å². The van der Waals surface area contributed by atoms with Gasteiger partial charge in [-0.1, -0.05) is 11.6 Å². The Hall–Kier alpha value is -1.17. The van der Waals surface area contributed by atoms with E-state index in [1.54, 1.807) is 17.7 Å². The summed E-state index contributed by atoms with van der Waals surface area (Å²) >= 11 is 7.61. The molecule has 0 aromatic carbocycles. The number of nitrogens with zero attached hydrogens (tertiary/aromatic N) is 4. The third-order valence-electron chi connectivity index (χ3n) is 3.55. The number of hydrogen-bond donors (Lipinski definition) is 0. The maximum Gasteiger partial charge on any atom is 0.136 e.